The summed E-state index contributed by atoms with van der Waals surface area (Å²) in [4.78, 5) is 18.8. The molecule has 0 aliphatic heterocycles. The summed E-state index contributed by atoms with van der Waals surface area (Å²) >= 11 is 0. The Morgan fingerprint density at radius 2 is 2.17 bits per heavy atom. The van der Waals surface area contributed by atoms with Crippen molar-refractivity contribution in [2.45, 2.75) is 12.3 Å². The molecule has 118 valence electrons. The lowest BCUT2D eigenvalue weighted by Gasteiger charge is -2.17. The monoisotopic (exact) mass is 317 g/mol. The highest BCUT2D eigenvalue weighted by atomic mass is 16.3. The zero-order valence-electron chi connectivity index (χ0n) is 13.1. The number of nitriles is 1. The van der Waals surface area contributed by atoms with Gasteiger partial charge in [0.2, 0.25) is 5.91 Å². The molecule has 0 bridgehead atoms. The average Bonchev–Trinajstić information content (AvgIpc) is 3.24. The number of amides is 1. The number of hydrogen-bond donors (Lipinski definition) is 0. The van der Waals surface area contributed by atoms with E-state index in [0.717, 1.165) is 17.6 Å². The second-order valence-corrected chi connectivity index (χ2v) is 6.02. The highest BCUT2D eigenvalue weighted by Crippen LogP contribution is 2.48. The van der Waals surface area contributed by atoms with Gasteiger partial charge in [0.05, 0.1) is 23.4 Å². The molecule has 3 aromatic rings. The molecule has 5 heteroatoms. The van der Waals surface area contributed by atoms with E-state index in [1.54, 1.807) is 24.3 Å². The van der Waals surface area contributed by atoms with Gasteiger partial charge in [-0.3, -0.25) is 9.69 Å². The lowest BCUT2D eigenvalue weighted by Crippen LogP contribution is -2.29. The maximum atomic E-state index is 12.7. The van der Waals surface area contributed by atoms with Crippen molar-refractivity contribution in [3.05, 3.63) is 60.1 Å². The van der Waals surface area contributed by atoms with Crippen LogP contribution in [-0.2, 0) is 4.79 Å². The quantitative estimate of drug-likeness (QED) is 0.741. The number of aromatic nitrogens is 1. The molecule has 0 radical (unpaired) electrons. The Balaban J connectivity index is 1.63. The van der Waals surface area contributed by atoms with E-state index in [9.17, 15) is 10.1 Å². The van der Waals surface area contributed by atoms with Crippen LogP contribution in [-0.4, -0.2) is 17.9 Å². The molecule has 0 spiro atoms. The summed E-state index contributed by atoms with van der Waals surface area (Å²) in [5, 5.41) is 10.2. The summed E-state index contributed by atoms with van der Waals surface area (Å²) in [6.07, 6.45) is 2.42. The molecule has 2 atom stereocenters. The minimum absolute atomic E-state index is 0.00284. The highest BCUT2D eigenvalue weighted by Gasteiger charge is 2.47. The Labute approximate surface area is 139 Å². The first kappa shape index (κ1) is 14.5. The van der Waals surface area contributed by atoms with E-state index in [2.05, 4.69) is 11.1 Å². The first-order valence-electron chi connectivity index (χ1n) is 7.80. The van der Waals surface area contributed by atoms with E-state index in [0.29, 0.717) is 16.9 Å². The first-order valence-corrected chi connectivity index (χ1v) is 7.80. The molecule has 0 saturated heterocycles. The van der Waals surface area contributed by atoms with Gasteiger partial charge < -0.3 is 4.42 Å². The van der Waals surface area contributed by atoms with E-state index < -0.39 is 0 Å². The van der Waals surface area contributed by atoms with Crippen molar-refractivity contribution in [2.24, 2.45) is 5.92 Å². The molecule has 1 aliphatic carbocycles. The summed E-state index contributed by atoms with van der Waals surface area (Å²) in [6.45, 7) is 0. The summed E-state index contributed by atoms with van der Waals surface area (Å²) in [7, 11) is 1.71. The van der Waals surface area contributed by atoms with Gasteiger partial charge in [0.15, 0.2) is 0 Å². The number of benzene rings is 1. The predicted molar refractivity (Wildman–Crippen MR) is 89.4 cm³/mol. The van der Waals surface area contributed by atoms with E-state index in [1.807, 2.05) is 36.4 Å². The maximum absolute atomic E-state index is 12.7. The van der Waals surface area contributed by atoms with Gasteiger partial charge in [-0.15, -0.1) is 0 Å². The molecular formula is C19H15N3O2. The molecule has 0 unspecified atom stereocenters. The van der Waals surface area contributed by atoms with Crippen LogP contribution in [0.4, 0.5) is 5.82 Å². The molecule has 1 saturated carbocycles. The number of carbonyl (C=O) groups is 1. The summed E-state index contributed by atoms with van der Waals surface area (Å²) in [5.41, 5.74) is 1.23. The first-order chi connectivity index (χ1) is 11.7. The number of fused-ring (bicyclic) bond motifs is 1. The van der Waals surface area contributed by atoms with Gasteiger partial charge in [-0.05, 0) is 30.7 Å². The fourth-order valence-electron chi connectivity index (χ4n) is 3.07. The number of anilines is 1. The number of furan rings is 1. The fraction of sp³-hybridized carbons (Fsp3) is 0.211. The van der Waals surface area contributed by atoms with Crippen molar-refractivity contribution in [2.75, 3.05) is 11.9 Å². The van der Waals surface area contributed by atoms with Crippen molar-refractivity contribution in [3.63, 3.8) is 0 Å². The third-order valence-electron chi connectivity index (χ3n) is 4.51. The van der Waals surface area contributed by atoms with Crippen molar-refractivity contribution in [1.29, 1.82) is 5.26 Å². The summed E-state index contributed by atoms with van der Waals surface area (Å²) < 4.78 is 5.39. The third kappa shape index (κ3) is 2.33. The van der Waals surface area contributed by atoms with Crippen molar-refractivity contribution in [3.8, 4) is 6.07 Å². The summed E-state index contributed by atoms with van der Waals surface area (Å²) in [6, 6.07) is 15.1. The molecule has 5 nitrogen and oxygen atoms in total. The number of rotatable bonds is 3. The molecule has 4 rings (SSSR count). The lowest BCUT2D eigenvalue weighted by molar-refractivity contribution is -0.119. The minimum atomic E-state index is -0.0834. The normalized spacial score (nSPS) is 19.0. The third-order valence-corrected chi connectivity index (χ3v) is 4.51. The smallest absolute Gasteiger partial charge is 0.231 e. The SMILES string of the molecule is CN(C(=O)[C@H]1C[C@H]1c1ccco1)c1cc(C#N)c2ccccc2n1. The molecule has 0 N–H and O–H groups in total. The largest absolute Gasteiger partial charge is 0.469 e. The van der Waals surface area contributed by atoms with E-state index in [4.69, 9.17) is 4.42 Å². The second kappa shape index (κ2) is 5.50. The maximum Gasteiger partial charge on any atom is 0.231 e. The molecule has 1 amide bonds. The van der Waals surface area contributed by atoms with Crippen LogP contribution >= 0.6 is 0 Å². The number of pyridine rings is 1. The van der Waals surface area contributed by atoms with Gasteiger partial charge in [-0.1, -0.05) is 18.2 Å². The molecule has 24 heavy (non-hydrogen) atoms. The van der Waals surface area contributed by atoms with Gasteiger partial charge >= 0.3 is 0 Å². The molecule has 1 aliphatic rings. The molecular weight excluding hydrogens is 302 g/mol. The van der Waals surface area contributed by atoms with Gasteiger partial charge in [0.25, 0.3) is 0 Å². The topological polar surface area (TPSA) is 70.1 Å². The zero-order valence-corrected chi connectivity index (χ0v) is 13.1. The van der Waals surface area contributed by atoms with E-state index >= 15 is 0 Å². The molecule has 2 heterocycles. The van der Waals surface area contributed by atoms with Crippen LogP contribution in [0.25, 0.3) is 10.9 Å². The number of carbonyl (C=O) groups excluding carboxylic acids is 1. The average molecular weight is 317 g/mol. The van der Waals surface area contributed by atoms with Crippen LogP contribution in [0.2, 0.25) is 0 Å². The molecule has 1 aromatic carbocycles. The van der Waals surface area contributed by atoms with Crippen LogP contribution < -0.4 is 4.90 Å². The van der Waals surface area contributed by atoms with E-state index in [-0.39, 0.29) is 17.7 Å². The molecule has 1 fully saturated rings. The van der Waals surface area contributed by atoms with Crippen LogP contribution in [0, 0.1) is 17.2 Å². The van der Waals surface area contributed by atoms with Crippen LogP contribution in [0.3, 0.4) is 0 Å². The van der Waals surface area contributed by atoms with Gasteiger partial charge in [-0.25, -0.2) is 4.98 Å². The number of nitrogens with zero attached hydrogens (tertiary/aromatic N) is 3. The summed E-state index contributed by atoms with van der Waals surface area (Å²) in [5.74, 6) is 1.42. The van der Waals surface area contributed by atoms with Crippen molar-refractivity contribution >= 4 is 22.6 Å². The Morgan fingerprint density at radius 1 is 1.33 bits per heavy atom. The highest BCUT2D eigenvalue weighted by molar-refractivity contribution is 5.98. The standard InChI is InChI=1S/C19H15N3O2/c1-22(19(23)15-10-14(15)17-7-4-8-24-17)18-9-12(11-20)13-5-2-3-6-16(13)21-18/h2-9,14-15H,10H2,1H3/t14-,15+/m1/s1. The van der Waals surface area contributed by atoms with Crippen molar-refractivity contribution in [1.82, 2.24) is 4.98 Å². The van der Waals surface area contributed by atoms with E-state index in [1.165, 1.54) is 0 Å². The number of para-hydroxylation sites is 1. The molecule has 2 aromatic heterocycles. The minimum Gasteiger partial charge on any atom is -0.469 e. The second-order valence-electron chi connectivity index (χ2n) is 6.02. The Morgan fingerprint density at radius 3 is 2.92 bits per heavy atom. The van der Waals surface area contributed by atoms with Crippen LogP contribution in [0.1, 0.15) is 23.7 Å². The van der Waals surface area contributed by atoms with Crippen LogP contribution in [0.15, 0.2) is 53.1 Å². The van der Waals surface area contributed by atoms with Gasteiger partial charge in [0, 0.05) is 24.3 Å². The number of hydrogen-bond acceptors (Lipinski definition) is 4. The van der Waals surface area contributed by atoms with Gasteiger partial charge in [0.1, 0.15) is 11.6 Å². The predicted octanol–water partition coefficient (Wildman–Crippen LogP) is 3.47. The fourth-order valence-corrected chi connectivity index (χ4v) is 3.07. The Bertz CT molecular complexity index is 956. The Hall–Kier alpha value is -3.13. The van der Waals surface area contributed by atoms with Crippen LogP contribution in [0.5, 0.6) is 0 Å². The van der Waals surface area contributed by atoms with Gasteiger partial charge in [-0.2, -0.15) is 5.26 Å². The van der Waals surface area contributed by atoms with Crippen molar-refractivity contribution < 1.29 is 9.21 Å². The Kier molecular flexibility index (Phi) is 3.31. The lowest BCUT2D eigenvalue weighted by atomic mass is 10.1. The zero-order chi connectivity index (χ0) is 16.7.